The molecular formula is C16H17ClN2O2. The van der Waals surface area contributed by atoms with Gasteiger partial charge in [0.25, 0.3) is 0 Å². The maximum absolute atomic E-state index is 5.86. The number of halogens is 1. The van der Waals surface area contributed by atoms with Gasteiger partial charge in [0.05, 0.1) is 12.3 Å². The van der Waals surface area contributed by atoms with E-state index in [4.69, 9.17) is 26.8 Å². The van der Waals surface area contributed by atoms with E-state index in [1.165, 1.54) is 12.8 Å². The molecule has 3 rings (SSSR count). The zero-order chi connectivity index (χ0) is 14.7. The molecule has 4 nitrogen and oxygen atoms in total. The van der Waals surface area contributed by atoms with Crippen LogP contribution in [0.2, 0.25) is 5.02 Å². The third kappa shape index (κ3) is 4.02. The Morgan fingerprint density at radius 1 is 1.10 bits per heavy atom. The minimum absolute atomic E-state index is 0.427. The summed E-state index contributed by atoms with van der Waals surface area (Å²) in [5.41, 5.74) is 7.43. The largest absolute Gasteiger partial charge is 0.476 e. The number of nitrogens with two attached hydrogens (primary N) is 1. The molecule has 0 radical (unpaired) electrons. The van der Waals surface area contributed by atoms with E-state index < -0.39 is 0 Å². The Balaban J connectivity index is 1.61. The molecule has 5 heteroatoms. The molecule has 110 valence electrons. The molecule has 1 fully saturated rings. The lowest BCUT2D eigenvalue weighted by Gasteiger charge is -2.10. The summed E-state index contributed by atoms with van der Waals surface area (Å²) in [4.78, 5) is 4.31. The fourth-order valence-electron chi connectivity index (χ4n) is 1.85. The van der Waals surface area contributed by atoms with E-state index in [0.29, 0.717) is 41.6 Å². The highest BCUT2D eigenvalue weighted by molar-refractivity contribution is 6.30. The van der Waals surface area contributed by atoms with Crippen molar-refractivity contribution in [3.05, 3.63) is 47.0 Å². The summed E-state index contributed by atoms with van der Waals surface area (Å²) in [7, 11) is 0. The second kappa shape index (κ2) is 6.22. The smallest absolute Gasteiger partial charge is 0.240 e. The van der Waals surface area contributed by atoms with Crippen molar-refractivity contribution in [3.63, 3.8) is 0 Å². The molecule has 1 heterocycles. The van der Waals surface area contributed by atoms with Gasteiger partial charge in [-0.05, 0) is 42.5 Å². The molecule has 1 aliphatic rings. The molecule has 2 aromatic rings. The molecule has 0 spiro atoms. The Bertz CT molecular complexity index is 612. The van der Waals surface area contributed by atoms with Crippen molar-refractivity contribution in [1.29, 1.82) is 0 Å². The molecule has 1 aliphatic carbocycles. The van der Waals surface area contributed by atoms with Crippen LogP contribution in [-0.4, -0.2) is 11.6 Å². The lowest BCUT2D eigenvalue weighted by molar-refractivity contribution is 0.267. The van der Waals surface area contributed by atoms with Crippen molar-refractivity contribution >= 4 is 17.3 Å². The molecule has 0 unspecified atom stereocenters. The van der Waals surface area contributed by atoms with E-state index in [-0.39, 0.29) is 0 Å². The number of pyridine rings is 1. The number of ether oxygens (including phenoxy) is 2. The van der Waals surface area contributed by atoms with Gasteiger partial charge >= 0.3 is 0 Å². The summed E-state index contributed by atoms with van der Waals surface area (Å²) in [6.07, 6.45) is 2.46. The first-order chi connectivity index (χ1) is 10.2. The van der Waals surface area contributed by atoms with E-state index in [2.05, 4.69) is 4.98 Å². The highest BCUT2D eigenvalue weighted by Gasteiger charge is 2.22. The van der Waals surface area contributed by atoms with Crippen LogP contribution in [-0.2, 0) is 6.61 Å². The average Bonchev–Trinajstić information content (AvgIpc) is 3.31. The quantitative estimate of drug-likeness (QED) is 0.884. The third-order valence-corrected chi connectivity index (χ3v) is 3.57. The van der Waals surface area contributed by atoms with Crippen LogP contribution >= 0.6 is 11.6 Å². The zero-order valence-corrected chi connectivity index (χ0v) is 12.3. The summed E-state index contributed by atoms with van der Waals surface area (Å²) in [6, 6.07) is 11.0. The van der Waals surface area contributed by atoms with Gasteiger partial charge < -0.3 is 15.2 Å². The Morgan fingerprint density at radius 3 is 2.57 bits per heavy atom. The number of hydrogen-bond donors (Lipinski definition) is 1. The lowest BCUT2D eigenvalue weighted by atomic mass is 10.2. The summed E-state index contributed by atoms with van der Waals surface area (Å²) in [5, 5.41) is 0.708. The SMILES string of the molecule is Nc1ccc(OCc2ccc(Cl)cc2)nc1OCC1CC1. The van der Waals surface area contributed by atoms with Crippen molar-refractivity contribution < 1.29 is 9.47 Å². The molecule has 0 saturated heterocycles. The van der Waals surface area contributed by atoms with E-state index in [0.717, 1.165) is 5.56 Å². The minimum atomic E-state index is 0.427. The Labute approximate surface area is 128 Å². The van der Waals surface area contributed by atoms with Crippen molar-refractivity contribution in [2.75, 3.05) is 12.3 Å². The molecule has 2 N–H and O–H groups in total. The predicted molar refractivity (Wildman–Crippen MR) is 82.7 cm³/mol. The second-order valence-corrected chi connectivity index (χ2v) is 5.65. The highest BCUT2D eigenvalue weighted by Crippen LogP contribution is 2.31. The zero-order valence-electron chi connectivity index (χ0n) is 11.6. The first-order valence-electron chi connectivity index (χ1n) is 6.97. The van der Waals surface area contributed by atoms with Gasteiger partial charge in [-0.25, -0.2) is 0 Å². The number of rotatable bonds is 6. The van der Waals surface area contributed by atoms with Crippen molar-refractivity contribution in [2.24, 2.45) is 5.92 Å². The van der Waals surface area contributed by atoms with Gasteiger partial charge in [-0.3, -0.25) is 0 Å². The van der Waals surface area contributed by atoms with Crippen LogP contribution < -0.4 is 15.2 Å². The van der Waals surface area contributed by atoms with Crippen LogP contribution in [0.25, 0.3) is 0 Å². The van der Waals surface area contributed by atoms with Crippen molar-refractivity contribution in [2.45, 2.75) is 19.4 Å². The van der Waals surface area contributed by atoms with Crippen LogP contribution in [0.1, 0.15) is 18.4 Å². The number of anilines is 1. The highest BCUT2D eigenvalue weighted by atomic mass is 35.5. The van der Waals surface area contributed by atoms with Crippen LogP contribution in [0, 0.1) is 5.92 Å². The number of nitrogens with zero attached hydrogens (tertiary/aromatic N) is 1. The number of nitrogen functional groups attached to an aromatic ring is 1. The molecule has 0 aliphatic heterocycles. The maximum atomic E-state index is 5.86. The number of aromatic nitrogens is 1. The topological polar surface area (TPSA) is 57.4 Å². The molecule has 0 amide bonds. The normalized spacial score (nSPS) is 14.0. The Morgan fingerprint density at radius 2 is 1.86 bits per heavy atom. The van der Waals surface area contributed by atoms with Crippen molar-refractivity contribution in [1.82, 2.24) is 4.98 Å². The summed E-state index contributed by atoms with van der Waals surface area (Å²) in [5.74, 6) is 1.62. The fraction of sp³-hybridized carbons (Fsp3) is 0.312. The fourth-order valence-corrected chi connectivity index (χ4v) is 1.98. The third-order valence-electron chi connectivity index (χ3n) is 3.32. The van der Waals surface area contributed by atoms with Crippen LogP contribution in [0.5, 0.6) is 11.8 Å². The van der Waals surface area contributed by atoms with E-state index >= 15 is 0 Å². The van der Waals surface area contributed by atoms with Gasteiger partial charge in [-0.1, -0.05) is 23.7 Å². The van der Waals surface area contributed by atoms with E-state index in [9.17, 15) is 0 Å². The molecule has 1 aromatic carbocycles. The molecule has 1 aromatic heterocycles. The van der Waals surface area contributed by atoms with Crippen LogP contribution in [0.15, 0.2) is 36.4 Å². The van der Waals surface area contributed by atoms with E-state index in [1.807, 2.05) is 24.3 Å². The van der Waals surface area contributed by atoms with Crippen LogP contribution in [0.4, 0.5) is 5.69 Å². The standard InChI is InChI=1S/C16H17ClN2O2/c17-13-5-3-12(4-6-13)9-20-15-8-7-14(18)16(19-15)21-10-11-1-2-11/h3-8,11H,1-2,9-10,18H2. The van der Waals surface area contributed by atoms with Gasteiger partial charge in [-0.15, -0.1) is 0 Å². The second-order valence-electron chi connectivity index (χ2n) is 5.21. The molecular weight excluding hydrogens is 288 g/mol. The maximum Gasteiger partial charge on any atom is 0.240 e. The first kappa shape index (κ1) is 14.0. The van der Waals surface area contributed by atoms with Gasteiger partial charge in [0.2, 0.25) is 11.8 Å². The van der Waals surface area contributed by atoms with E-state index in [1.54, 1.807) is 12.1 Å². The van der Waals surface area contributed by atoms with Crippen LogP contribution in [0.3, 0.4) is 0 Å². The Kier molecular flexibility index (Phi) is 4.15. The summed E-state index contributed by atoms with van der Waals surface area (Å²) < 4.78 is 11.3. The lowest BCUT2D eigenvalue weighted by Crippen LogP contribution is -2.05. The Hall–Kier alpha value is -1.94. The van der Waals surface area contributed by atoms with Gasteiger partial charge in [0.1, 0.15) is 6.61 Å². The van der Waals surface area contributed by atoms with Gasteiger partial charge in [0, 0.05) is 11.1 Å². The summed E-state index contributed by atoms with van der Waals surface area (Å²) >= 11 is 5.85. The van der Waals surface area contributed by atoms with Crippen molar-refractivity contribution in [3.8, 4) is 11.8 Å². The van der Waals surface area contributed by atoms with Gasteiger partial charge in [0.15, 0.2) is 0 Å². The minimum Gasteiger partial charge on any atom is -0.476 e. The number of benzene rings is 1. The number of hydrogen-bond acceptors (Lipinski definition) is 4. The average molecular weight is 305 g/mol. The predicted octanol–water partition coefficient (Wildman–Crippen LogP) is 3.69. The summed E-state index contributed by atoms with van der Waals surface area (Å²) in [6.45, 7) is 1.11. The molecule has 1 saturated carbocycles. The first-order valence-corrected chi connectivity index (χ1v) is 7.35. The molecule has 0 bridgehead atoms. The molecule has 21 heavy (non-hydrogen) atoms. The monoisotopic (exact) mass is 304 g/mol. The van der Waals surface area contributed by atoms with Gasteiger partial charge in [-0.2, -0.15) is 4.98 Å². The molecule has 0 atom stereocenters.